The molecule has 1 aliphatic rings. The van der Waals surface area contributed by atoms with Crippen molar-refractivity contribution >= 4 is 6.09 Å². The van der Waals surface area contributed by atoms with E-state index >= 15 is 0 Å². The molecule has 2 atom stereocenters. The Morgan fingerprint density at radius 2 is 2.22 bits per heavy atom. The lowest BCUT2D eigenvalue weighted by atomic mass is 10.0. The van der Waals surface area contributed by atoms with E-state index in [4.69, 9.17) is 9.47 Å². The Labute approximate surface area is 139 Å². The van der Waals surface area contributed by atoms with Crippen molar-refractivity contribution in [2.45, 2.75) is 71.1 Å². The predicted octanol–water partition coefficient (Wildman–Crippen LogP) is 4.27. The lowest BCUT2D eigenvalue weighted by molar-refractivity contribution is -0.000561. The maximum Gasteiger partial charge on any atom is 0.410 e. The zero-order valence-corrected chi connectivity index (χ0v) is 14.8. The van der Waals surface area contributed by atoms with E-state index in [9.17, 15) is 4.79 Å². The van der Waals surface area contributed by atoms with Gasteiger partial charge in [-0.25, -0.2) is 4.79 Å². The average molecular weight is 322 g/mol. The van der Waals surface area contributed by atoms with Gasteiger partial charge >= 0.3 is 6.09 Å². The van der Waals surface area contributed by atoms with E-state index in [2.05, 4.69) is 4.98 Å². The average Bonchev–Trinajstić information content (AvgIpc) is 3.00. The summed E-state index contributed by atoms with van der Waals surface area (Å²) in [6.45, 7) is 9.19. The lowest BCUT2D eigenvalue weighted by Crippen LogP contribution is -2.46. The molecule has 0 radical (unpaired) electrons. The molecule has 1 aliphatic heterocycles. The molecule has 0 spiro atoms. The summed E-state index contributed by atoms with van der Waals surface area (Å²) in [5.74, 6) is 0. The molecule has 130 valence electrons. The van der Waals surface area contributed by atoms with Gasteiger partial charge in [-0.2, -0.15) is 0 Å². The molecule has 5 nitrogen and oxygen atoms in total. The smallest absolute Gasteiger partial charge is 0.410 e. The summed E-state index contributed by atoms with van der Waals surface area (Å²) in [6, 6.07) is 4.22. The number of aromatic nitrogens is 1. The molecule has 23 heavy (non-hydrogen) atoms. The number of H-pyrrole nitrogens is 1. The van der Waals surface area contributed by atoms with Gasteiger partial charge < -0.3 is 19.4 Å². The van der Waals surface area contributed by atoms with Crippen LogP contribution in [-0.2, 0) is 9.47 Å². The molecule has 0 bridgehead atoms. The van der Waals surface area contributed by atoms with Gasteiger partial charge in [0.1, 0.15) is 5.60 Å². The first-order valence-corrected chi connectivity index (χ1v) is 8.61. The predicted molar refractivity (Wildman–Crippen MR) is 90.4 cm³/mol. The van der Waals surface area contributed by atoms with Crippen LogP contribution in [0.15, 0.2) is 18.3 Å². The van der Waals surface area contributed by atoms with Crippen molar-refractivity contribution < 1.29 is 14.3 Å². The normalized spacial score (nSPS) is 20.3. The zero-order chi connectivity index (χ0) is 16.9. The van der Waals surface area contributed by atoms with Gasteiger partial charge in [0.25, 0.3) is 0 Å². The summed E-state index contributed by atoms with van der Waals surface area (Å²) >= 11 is 0. The summed E-state index contributed by atoms with van der Waals surface area (Å²) in [5, 5.41) is 0. The molecule has 5 heteroatoms. The highest BCUT2D eigenvalue weighted by Crippen LogP contribution is 2.23. The van der Waals surface area contributed by atoms with Gasteiger partial charge in [0.05, 0.1) is 6.10 Å². The van der Waals surface area contributed by atoms with Crippen molar-refractivity contribution in [3.63, 3.8) is 0 Å². The van der Waals surface area contributed by atoms with Gasteiger partial charge in [-0.3, -0.25) is 0 Å². The fourth-order valence-corrected chi connectivity index (χ4v) is 2.93. The van der Waals surface area contributed by atoms with E-state index < -0.39 is 5.60 Å². The van der Waals surface area contributed by atoms with Crippen LogP contribution in [0, 0.1) is 0 Å². The largest absolute Gasteiger partial charge is 0.444 e. The van der Waals surface area contributed by atoms with Gasteiger partial charge in [-0.1, -0.05) is 0 Å². The van der Waals surface area contributed by atoms with Crippen molar-refractivity contribution in [3.8, 4) is 0 Å². The van der Waals surface area contributed by atoms with E-state index in [1.807, 2.05) is 50.9 Å². The minimum absolute atomic E-state index is 0.0450. The number of hydrogen-bond acceptors (Lipinski definition) is 3. The molecule has 0 unspecified atom stereocenters. The number of hydrogen-bond donors (Lipinski definition) is 1. The first kappa shape index (κ1) is 17.9. The number of ether oxygens (including phenoxy) is 2. The van der Waals surface area contributed by atoms with Crippen molar-refractivity contribution in [1.29, 1.82) is 0 Å². The van der Waals surface area contributed by atoms with E-state index in [1.54, 1.807) is 0 Å². The highest BCUT2D eigenvalue weighted by molar-refractivity contribution is 5.68. The van der Waals surface area contributed by atoms with Crippen LogP contribution in [0.3, 0.4) is 0 Å². The number of carbonyl (C=O) groups excluding carboxylic acids is 1. The minimum atomic E-state index is -0.447. The van der Waals surface area contributed by atoms with Crippen molar-refractivity contribution in [3.05, 3.63) is 24.0 Å². The van der Waals surface area contributed by atoms with Crippen LogP contribution in [0.5, 0.6) is 0 Å². The van der Waals surface area contributed by atoms with Gasteiger partial charge in [-0.05, 0) is 65.5 Å². The van der Waals surface area contributed by atoms with Crippen molar-refractivity contribution in [1.82, 2.24) is 9.88 Å². The SMILES string of the molecule is C[C@@H](OCC[C@H]1CCCCN1C(=O)OC(C)(C)C)c1ccc[nH]1. The number of rotatable bonds is 5. The number of carbonyl (C=O) groups is 1. The van der Waals surface area contributed by atoms with E-state index in [0.29, 0.717) is 6.61 Å². The number of likely N-dealkylation sites (tertiary alicyclic amines) is 1. The molecule has 1 saturated heterocycles. The monoisotopic (exact) mass is 322 g/mol. The number of nitrogens with one attached hydrogen (secondary N) is 1. The minimum Gasteiger partial charge on any atom is -0.444 e. The first-order valence-electron chi connectivity index (χ1n) is 8.61. The molecule has 2 rings (SSSR count). The van der Waals surface area contributed by atoms with Gasteiger partial charge in [0, 0.05) is 31.1 Å². The molecule has 0 aromatic carbocycles. The fourth-order valence-electron chi connectivity index (χ4n) is 2.93. The van der Waals surface area contributed by atoms with E-state index in [-0.39, 0.29) is 18.2 Å². The third-order valence-electron chi connectivity index (χ3n) is 4.13. The highest BCUT2D eigenvalue weighted by atomic mass is 16.6. The quantitative estimate of drug-likeness (QED) is 0.880. The van der Waals surface area contributed by atoms with Crippen molar-refractivity contribution in [2.75, 3.05) is 13.2 Å². The summed E-state index contributed by atoms with van der Waals surface area (Å²) in [5.41, 5.74) is 0.634. The Kier molecular flexibility index (Phi) is 6.10. The third-order valence-corrected chi connectivity index (χ3v) is 4.13. The summed E-state index contributed by atoms with van der Waals surface area (Å²) in [6.07, 6.45) is 5.85. The Morgan fingerprint density at radius 1 is 1.43 bits per heavy atom. The summed E-state index contributed by atoms with van der Waals surface area (Å²) in [7, 11) is 0. The van der Waals surface area contributed by atoms with Gasteiger partial charge in [0.15, 0.2) is 0 Å². The van der Waals surface area contributed by atoms with Crippen LogP contribution in [-0.4, -0.2) is 40.8 Å². The Hall–Kier alpha value is -1.49. The molecule has 1 fully saturated rings. The van der Waals surface area contributed by atoms with E-state index in [1.165, 1.54) is 0 Å². The first-order chi connectivity index (χ1) is 10.9. The van der Waals surface area contributed by atoms with E-state index in [0.717, 1.165) is 37.9 Å². The molecule has 1 aromatic heterocycles. The lowest BCUT2D eigenvalue weighted by Gasteiger charge is -2.37. The summed E-state index contributed by atoms with van der Waals surface area (Å²) < 4.78 is 11.4. The molecule has 1 aromatic rings. The second kappa shape index (κ2) is 7.86. The maximum atomic E-state index is 12.4. The molecular formula is C18H30N2O3. The topological polar surface area (TPSA) is 54.6 Å². The number of nitrogens with zero attached hydrogens (tertiary/aromatic N) is 1. The standard InChI is InChI=1S/C18H30N2O3/c1-14(16-9-7-11-19-16)22-13-10-15-8-5-6-12-20(15)17(21)23-18(2,3)4/h7,9,11,14-15,19H,5-6,8,10,12-13H2,1-4H3/t14-,15-/m1/s1. The molecule has 2 heterocycles. The number of amides is 1. The second-order valence-electron chi connectivity index (χ2n) is 7.25. The fraction of sp³-hybridized carbons (Fsp3) is 0.722. The summed E-state index contributed by atoms with van der Waals surface area (Å²) in [4.78, 5) is 17.4. The van der Waals surface area contributed by atoms with Crippen LogP contribution in [0.4, 0.5) is 4.79 Å². The Morgan fingerprint density at radius 3 is 2.87 bits per heavy atom. The number of aromatic amines is 1. The maximum absolute atomic E-state index is 12.4. The molecule has 1 amide bonds. The van der Waals surface area contributed by atoms with Crippen LogP contribution in [0.1, 0.15) is 65.2 Å². The van der Waals surface area contributed by atoms with Gasteiger partial charge in [0.2, 0.25) is 0 Å². The number of piperidine rings is 1. The van der Waals surface area contributed by atoms with Crippen LogP contribution < -0.4 is 0 Å². The second-order valence-corrected chi connectivity index (χ2v) is 7.25. The highest BCUT2D eigenvalue weighted by Gasteiger charge is 2.30. The molecule has 0 aliphatic carbocycles. The van der Waals surface area contributed by atoms with Crippen LogP contribution in [0.25, 0.3) is 0 Å². The molecule has 1 N–H and O–H groups in total. The Bertz CT molecular complexity index is 479. The van der Waals surface area contributed by atoms with Crippen LogP contribution >= 0.6 is 0 Å². The van der Waals surface area contributed by atoms with Crippen LogP contribution in [0.2, 0.25) is 0 Å². The van der Waals surface area contributed by atoms with Gasteiger partial charge in [-0.15, -0.1) is 0 Å². The molecule has 0 saturated carbocycles. The van der Waals surface area contributed by atoms with Crippen molar-refractivity contribution in [2.24, 2.45) is 0 Å². The Balaban J connectivity index is 1.82. The zero-order valence-electron chi connectivity index (χ0n) is 14.8. The molecular weight excluding hydrogens is 292 g/mol. The third kappa shape index (κ3) is 5.57.